The molecule has 3 nitrogen and oxygen atoms in total. The van der Waals surface area contributed by atoms with Crippen molar-refractivity contribution in [2.24, 2.45) is 0 Å². The van der Waals surface area contributed by atoms with E-state index in [1.807, 2.05) is 0 Å². The molecule has 0 saturated heterocycles. The Morgan fingerprint density at radius 1 is 1.16 bits per heavy atom. The van der Waals surface area contributed by atoms with Crippen LogP contribution in [0.3, 0.4) is 0 Å². The topological polar surface area (TPSA) is 42.4 Å². The maximum absolute atomic E-state index is 12.5. The number of halogens is 4. The first kappa shape index (κ1) is 13.9. The highest BCUT2D eigenvalue weighted by molar-refractivity contribution is 14.1. The number of ether oxygens (including phenoxy) is 1. The largest absolute Gasteiger partial charge is 0.508 e. The number of phenols is 1. The van der Waals surface area contributed by atoms with Gasteiger partial charge in [-0.15, -0.1) is 0 Å². The highest BCUT2D eigenvalue weighted by atomic mass is 127. The summed E-state index contributed by atoms with van der Waals surface area (Å²) in [6.07, 6.45) is -3.71. The Hall–Kier alpha value is -1.51. The molecule has 0 saturated carbocycles. The Balaban J connectivity index is 2.24. The van der Waals surface area contributed by atoms with E-state index in [0.717, 1.165) is 12.3 Å². The summed E-state index contributed by atoms with van der Waals surface area (Å²) in [7, 11) is 0. The quantitative estimate of drug-likeness (QED) is 0.793. The van der Waals surface area contributed by atoms with Crippen LogP contribution in [0.2, 0.25) is 0 Å². The molecular formula is C12H7F3INO2. The van der Waals surface area contributed by atoms with Crippen LogP contribution in [0, 0.1) is 3.57 Å². The summed E-state index contributed by atoms with van der Waals surface area (Å²) in [6, 6.07) is 6.76. The summed E-state index contributed by atoms with van der Waals surface area (Å²) >= 11 is 1.72. The zero-order valence-electron chi connectivity index (χ0n) is 9.28. The molecule has 7 heteroatoms. The van der Waals surface area contributed by atoms with Crippen LogP contribution in [0.15, 0.2) is 36.5 Å². The molecule has 0 radical (unpaired) electrons. The summed E-state index contributed by atoms with van der Waals surface area (Å²) in [5, 5.41) is 9.11. The second-order valence-electron chi connectivity index (χ2n) is 3.60. The Bertz CT molecular complexity index is 585. The lowest BCUT2D eigenvalue weighted by molar-refractivity contribution is -0.137. The fourth-order valence-electron chi connectivity index (χ4n) is 1.28. The predicted molar refractivity (Wildman–Crippen MR) is 70.1 cm³/mol. The van der Waals surface area contributed by atoms with Gasteiger partial charge < -0.3 is 9.84 Å². The molecule has 0 aliphatic heterocycles. The van der Waals surface area contributed by atoms with Crippen LogP contribution in [-0.2, 0) is 6.18 Å². The lowest BCUT2D eigenvalue weighted by Gasteiger charge is -2.10. The molecule has 0 unspecified atom stereocenters. The Kier molecular flexibility index (Phi) is 3.83. The zero-order chi connectivity index (χ0) is 14.0. The minimum absolute atomic E-state index is 0.0717. The van der Waals surface area contributed by atoms with Gasteiger partial charge in [0.25, 0.3) is 0 Å². The normalized spacial score (nSPS) is 11.4. The molecule has 0 spiro atoms. The summed E-state index contributed by atoms with van der Waals surface area (Å²) in [4.78, 5) is 3.65. The van der Waals surface area contributed by atoms with Crippen LogP contribution in [0.5, 0.6) is 17.4 Å². The molecular weight excluding hydrogens is 374 g/mol. The van der Waals surface area contributed by atoms with Gasteiger partial charge in [0.2, 0.25) is 5.88 Å². The van der Waals surface area contributed by atoms with E-state index in [-0.39, 0.29) is 15.2 Å². The van der Waals surface area contributed by atoms with Crippen molar-refractivity contribution in [1.29, 1.82) is 0 Å². The van der Waals surface area contributed by atoms with Gasteiger partial charge in [-0.2, -0.15) is 13.2 Å². The number of rotatable bonds is 2. The van der Waals surface area contributed by atoms with Gasteiger partial charge >= 0.3 is 6.18 Å². The lowest BCUT2D eigenvalue weighted by atomic mass is 10.3. The third-order valence-electron chi connectivity index (χ3n) is 2.19. The van der Waals surface area contributed by atoms with E-state index in [2.05, 4.69) is 4.98 Å². The van der Waals surface area contributed by atoms with Crippen molar-refractivity contribution in [3.8, 4) is 17.4 Å². The number of hydrogen-bond acceptors (Lipinski definition) is 3. The molecule has 0 aliphatic carbocycles. The molecule has 1 aromatic carbocycles. The fraction of sp³-hybridized carbons (Fsp3) is 0.0833. The zero-order valence-corrected chi connectivity index (χ0v) is 11.4. The van der Waals surface area contributed by atoms with E-state index in [1.165, 1.54) is 24.3 Å². The fourth-order valence-corrected chi connectivity index (χ4v) is 1.87. The molecule has 1 aromatic heterocycles. The molecule has 0 aliphatic rings. The second kappa shape index (κ2) is 5.24. The first-order valence-electron chi connectivity index (χ1n) is 5.06. The van der Waals surface area contributed by atoms with Crippen molar-refractivity contribution < 1.29 is 23.0 Å². The van der Waals surface area contributed by atoms with E-state index < -0.39 is 11.7 Å². The van der Waals surface area contributed by atoms with Crippen molar-refractivity contribution >= 4 is 22.6 Å². The predicted octanol–water partition coefficient (Wildman–Crippen LogP) is 4.20. The van der Waals surface area contributed by atoms with Gasteiger partial charge in [-0.3, -0.25) is 0 Å². The molecule has 0 fully saturated rings. The number of phenolic OH excluding ortho intramolecular Hbond substituents is 1. The Morgan fingerprint density at radius 2 is 1.79 bits per heavy atom. The highest BCUT2D eigenvalue weighted by Crippen LogP contribution is 2.33. The first-order valence-corrected chi connectivity index (χ1v) is 6.14. The minimum Gasteiger partial charge on any atom is -0.508 e. The summed E-state index contributed by atoms with van der Waals surface area (Å²) in [5.41, 5.74) is -0.824. The third-order valence-corrected chi connectivity index (χ3v) is 2.96. The van der Waals surface area contributed by atoms with Gasteiger partial charge in [0.05, 0.1) is 9.13 Å². The van der Waals surface area contributed by atoms with Crippen LogP contribution < -0.4 is 4.74 Å². The smallest absolute Gasteiger partial charge is 0.417 e. The summed E-state index contributed by atoms with van der Waals surface area (Å²) in [5.74, 6) is 0.532. The second-order valence-corrected chi connectivity index (χ2v) is 4.77. The summed E-state index contributed by atoms with van der Waals surface area (Å²) < 4.78 is 43.0. The molecule has 2 aromatic rings. The molecule has 19 heavy (non-hydrogen) atoms. The van der Waals surface area contributed by atoms with Gasteiger partial charge in [0.1, 0.15) is 11.5 Å². The molecule has 0 amide bonds. The van der Waals surface area contributed by atoms with Gasteiger partial charge in [0, 0.05) is 6.20 Å². The van der Waals surface area contributed by atoms with Crippen LogP contribution in [0.25, 0.3) is 0 Å². The number of alkyl halides is 3. The van der Waals surface area contributed by atoms with Crippen molar-refractivity contribution in [1.82, 2.24) is 4.98 Å². The molecule has 100 valence electrons. The minimum atomic E-state index is -4.43. The van der Waals surface area contributed by atoms with Crippen molar-refractivity contribution in [2.45, 2.75) is 6.18 Å². The number of pyridine rings is 1. The molecule has 1 heterocycles. The van der Waals surface area contributed by atoms with E-state index in [1.54, 1.807) is 22.6 Å². The van der Waals surface area contributed by atoms with Gasteiger partial charge in [0.15, 0.2) is 0 Å². The lowest BCUT2D eigenvalue weighted by Crippen LogP contribution is -2.06. The van der Waals surface area contributed by atoms with Gasteiger partial charge in [-0.25, -0.2) is 4.98 Å². The van der Waals surface area contributed by atoms with E-state index >= 15 is 0 Å². The number of hydrogen-bond donors (Lipinski definition) is 1. The van der Waals surface area contributed by atoms with Crippen molar-refractivity contribution in [3.63, 3.8) is 0 Å². The standard InChI is InChI=1S/C12H7F3INO2/c13-12(14,15)7-5-10(16)11(17-6-7)19-9-3-1-8(18)2-4-9/h1-6,18H. The van der Waals surface area contributed by atoms with Gasteiger partial charge in [-0.05, 0) is 52.9 Å². The average molecular weight is 381 g/mol. The van der Waals surface area contributed by atoms with Crippen LogP contribution in [0.1, 0.15) is 5.56 Å². The molecule has 0 bridgehead atoms. The Morgan fingerprint density at radius 3 is 2.32 bits per heavy atom. The van der Waals surface area contributed by atoms with Gasteiger partial charge in [-0.1, -0.05) is 0 Å². The van der Waals surface area contributed by atoms with E-state index in [0.29, 0.717) is 5.75 Å². The number of nitrogens with zero attached hydrogens (tertiary/aromatic N) is 1. The average Bonchev–Trinajstić information content (AvgIpc) is 2.33. The van der Waals surface area contributed by atoms with Crippen molar-refractivity contribution in [2.75, 3.05) is 0 Å². The van der Waals surface area contributed by atoms with Crippen LogP contribution >= 0.6 is 22.6 Å². The van der Waals surface area contributed by atoms with E-state index in [4.69, 9.17) is 9.84 Å². The molecule has 1 N–H and O–H groups in total. The number of benzene rings is 1. The maximum Gasteiger partial charge on any atom is 0.417 e. The SMILES string of the molecule is Oc1ccc(Oc2ncc(C(F)(F)F)cc2I)cc1. The van der Waals surface area contributed by atoms with Crippen LogP contribution in [-0.4, -0.2) is 10.1 Å². The Labute approximate surface area is 120 Å². The number of aromatic hydroxyl groups is 1. The third kappa shape index (κ3) is 3.49. The monoisotopic (exact) mass is 381 g/mol. The first-order chi connectivity index (χ1) is 8.86. The number of aromatic nitrogens is 1. The summed E-state index contributed by atoms with van der Waals surface area (Å²) in [6.45, 7) is 0. The molecule has 0 atom stereocenters. The van der Waals surface area contributed by atoms with E-state index in [9.17, 15) is 13.2 Å². The molecule has 2 rings (SSSR count). The highest BCUT2D eigenvalue weighted by Gasteiger charge is 2.31. The van der Waals surface area contributed by atoms with Crippen LogP contribution in [0.4, 0.5) is 13.2 Å². The van der Waals surface area contributed by atoms with Crippen molar-refractivity contribution in [3.05, 3.63) is 45.7 Å². The maximum atomic E-state index is 12.5.